The van der Waals surface area contributed by atoms with Crippen molar-refractivity contribution >= 4 is 39.5 Å². The van der Waals surface area contributed by atoms with Crippen molar-refractivity contribution in [3.05, 3.63) is 64.3 Å². The topological polar surface area (TPSA) is 68.5 Å². The summed E-state index contributed by atoms with van der Waals surface area (Å²) in [6, 6.07) is 10.2. The highest BCUT2D eigenvalue weighted by Crippen LogP contribution is 2.38. The molecule has 5 rings (SSSR count). The second kappa shape index (κ2) is 7.75. The van der Waals surface area contributed by atoms with Crippen LogP contribution in [0.4, 0.5) is 5.82 Å². The fraction of sp³-hybridized carbons (Fsp3) is 0.273. The summed E-state index contributed by atoms with van der Waals surface area (Å²) >= 11 is 1.82. The summed E-state index contributed by atoms with van der Waals surface area (Å²) in [6.45, 7) is 0.578. The van der Waals surface area contributed by atoms with E-state index in [1.807, 2.05) is 47.2 Å². The lowest BCUT2D eigenvalue weighted by molar-refractivity contribution is 0.700. The van der Waals surface area contributed by atoms with Crippen LogP contribution in [0.5, 0.6) is 0 Å². The second-order valence-corrected chi connectivity index (χ2v) is 8.36. The van der Waals surface area contributed by atoms with E-state index in [0.29, 0.717) is 6.54 Å². The number of nitrogens with zero attached hydrogens (tertiary/aromatic N) is 5. The van der Waals surface area contributed by atoms with Crippen LogP contribution in [0.1, 0.15) is 40.5 Å². The monoisotopic (exact) mass is 402 g/mol. The van der Waals surface area contributed by atoms with Crippen LogP contribution in [-0.4, -0.2) is 24.7 Å². The maximum absolute atomic E-state index is 4.87. The van der Waals surface area contributed by atoms with Crippen molar-refractivity contribution < 1.29 is 0 Å². The lowest BCUT2D eigenvalue weighted by Crippen LogP contribution is -2.09. The molecule has 0 bridgehead atoms. The lowest BCUT2D eigenvalue weighted by Gasteiger charge is -2.13. The molecule has 0 fully saturated rings. The molecule has 0 amide bonds. The Balaban J connectivity index is 1.54. The third-order valence-corrected chi connectivity index (χ3v) is 6.46. The highest BCUT2D eigenvalue weighted by atomic mass is 32.1. The smallest absolute Gasteiger partial charge is 0.155 e. The molecule has 1 N–H and O–H groups in total. The first-order valence-electron chi connectivity index (χ1n) is 9.90. The van der Waals surface area contributed by atoms with E-state index in [1.165, 1.54) is 28.7 Å². The van der Waals surface area contributed by atoms with Crippen LogP contribution < -0.4 is 5.32 Å². The van der Waals surface area contributed by atoms with Gasteiger partial charge in [0, 0.05) is 11.9 Å². The molecule has 0 saturated heterocycles. The van der Waals surface area contributed by atoms with Crippen LogP contribution in [0.25, 0.3) is 22.4 Å². The Labute approximate surface area is 173 Å². The first-order valence-corrected chi connectivity index (χ1v) is 10.7. The largest absolute Gasteiger partial charge is 0.362 e. The number of thiophene rings is 1. The molecule has 4 aromatic rings. The molecule has 6 nitrogen and oxygen atoms in total. The molecule has 0 saturated carbocycles. The van der Waals surface area contributed by atoms with Crippen molar-refractivity contribution in [3.8, 4) is 0 Å². The summed E-state index contributed by atoms with van der Waals surface area (Å²) in [5.41, 5.74) is 2.56. The van der Waals surface area contributed by atoms with Gasteiger partial charge in [-0.15, -0.1) is 21.5 Å². The van der Waals surface area contributed by atoms with Crippen molar-refractivity contribution in [1.29, 1.82) is 0 Å². The van der Waals surface area contributed by atoms with Crippen LogP contribution in [-0.2, 0) is 26.4 Å². The Morgan fingerprint density at radius 1 is 1.10 bits per heavy atom. The molecule has 29 heavy (non-hydrogen) atoms. The van der Waals surface area contributed by atoms with Crippen molar-refractivity contribution in [1.82, 2.24) is 24.7 Å². The third kappa shape index (κ3) is 3.65. The van der Waals surface area contributed by atoms with Crippen LogP contribution in [0.15, 0.2) is 36.7 Å². The normalized spacial score (nSPS) is 13.8. The minimum atomic E-state index is 0.578. The van der Waals surface area contributed by atoms with Crippen LogP contribution in [0.2, 0.25) is 0 Å². The first kappa shape index (κ1) is 18.0. The molecule has 0 radical (unpaired) electrons. The van der Waals surface area contributed by atoms with Gasteiger partial charge in [-0.2, -0.15) is 0 Å². The molecule has 3 heterocycles. The van der Waals surface area contributed by atoms with Gasteiger partial charge in [0.2, 0.25) is 0 Å². The molecule has 0 aliphatic heterocycles. The van der Waals surface area contributed by atoms with E-state index in [0.717, 1.165) is 40.7 Å². The summed E-state index contributed by atoms with van der Waals surface area (Å²) in [7, 11) is 1.95. The highest BCUT2D eigenvalue weighted by molar-refractivity contribution is 7.19. The summed E-state index contributed by atoms with van der Waals surface area (Å²) < 4.78 is 1.92. The average Bonchev–Trinajstić information content (AvgIpc) is 3.34. The Morgan fingerprint density at radius 2 is 1.97 bits per heavy atom. The van der Waals surface area contributed by atoms with Gasteiger partial charge in [0.25, 0.3) is 0 Å². The Kier molecular flexibility index (Phi) is 4.81. The van der Waals surface area contributed by atoms with Gasteiger partial charge in [0.05, 0.1) is 11.9 Å². The molecular weight excluding hydrogens is 380 g/mol. The van der Waals surface area contributed by atoms with Gasteiger partial charge in [-0.3, -0.25) is 0 Å². The van der Waals surface area contributed by atoms with Crippen LogP contribution in [0.3, 0.4) is 0 Å². The Bertz CT molecular complexity index is 1170. The summed E-state index contributed by atoms with van der Waals surface area (Å²) in [6.07, 6.45) is 10.5. The number of hydrogen-bond acceptors (Lipinski definition) is 6. The van der Waals surface area contributed by atoms with Crippen molar-refractivity contribution in [2.24, 2.45) is 7.05 Å². The molecule has 1 aromatic carbocycles. The van der Waals surface area contributed by atoms with E-state index in [1.54, 1.807) is 6.33 Å². The zero-order chi connectivity index (χ0) is 19.6. The number of hydrogen-bond donors (Lipinski definition) is 1. The maximum atomic E-state index is 4.87. The number of nitrogens with one attached hydrogen (secondary N) is 1. The number of aryl methyl sites for hydroxylation is 3. The summed E-state index contributed by atoms with van der Waals surface area (Å²) in [5.74, 6) is 2.49. The minimum Gasteiger partial charge on any atom is -0.362 e. The number of anilines is 1. The second-order valence-electron chi connectivity index (χ2n) is 7.28. The predicted octanol–water partition coefficient (Wildman–Crippen LogP) is 4.48. The van der Waals surface area contributed by atoms with Gasteiger partial charge >= 0.3 is 0 Å². The van der Waals surface area contributed by atoms with Crippen molar-refractivity contribution in [2.45, 2.75) is 32.2 Å². The van der Waals surface area contributed by atoms with Gasteiger partial charge in [0.1, 0.15) is 17.0 Å². The van der Waals surface area contributed by atoms with E-state index >= 15 is 0 Å². The van der Waals surface area contributed by atoms with Gasteiger partial charge in [-0.05, 0) is 42.9 Å². The molecule has 1 aliphatic rings. The van der Waals surface area contributed by atoms with E-state index in [2.05, 4.69) is 33.7 Å². The van der Waals surface area contributed by atoms with E-state index < -0.39 is 0 Å². The zero-order valence-corrected chi connectivity index (χ0v) is 17.1. The summed E-state index contributed by atoms with van der Waals surface area (Å²) in [5, 5.41) is 12.8. The number of fused-ring (bicyclic) bond motifs is 3. The van der Waals surface area contributed by atoms with Gasteiger partial charge in [0.15, 0.2) is 11.6 Å². The molecule has 1 aliphatic carbocycles. The summed E-state index contributed by atoms with van der Waals surface area (Å²) in [4.78, 5) is 12.3. The molecule has 3 aromatic heterocycles. The molecule has 0 unspecified atom stereocenters. The van der Waals surface area contributed by atoms with Crippen molar-refractivity contribution in [2.75, 3.05) is 5.32 Å². The van der Waals surface area contributed by atoms with Crippen LogP contribution in [0, 0.1) is 0 Å². The minimum absolute atomic E-state index is 0.578. The molecular formula is C22H22N6S. The standard InChI is InChI=1S/C22H22N6S/c1-28-14-24-27-19(28)13-23-21-20-16-9-5-6-10-17(16)29-22(20)26-18(25-21)12-11-15-7-3-2-4-8-15/h2-4,7-8,11-12,14H,5-6,9-10,13H2,1H3,(H,23,25,26). The highest BCUT2D eigenvalue weighted by Gasteiger charge is 2.21. The fourth-order valence-corrected chi connectivity index (χ4v) is 5.01. The average molecular weight is 403 g/mol. The molecule has 7 heteroatoms. The van der Waals surface area contributed by atoms with Gasteiger partial charge in [-0.1, -0.05) is 36.4 Å². The molecule has 146 valence electrons. The number of rotatable bonds is 5. The van der Waals surface area contributed by atoms with Gasteiger partial charge < -0.3 is 9.88 Å². The van der Waals surface area contributed by atoms with E-state index in [-0.39, 0.29) is 0 Å². The van der Waals surface area contributed by atoms with Crippen molar-refractivity contribution in [3.63, 3.8) is 0 Å². The lowest BCUT2D eigenvalue weighted by atomic mass is 9.97. The van der Waals surface area contributed by atoms with E-state index in [9.17, 15) is 0 Å². The zero-order valence-electron chi connectivity index (χ0n) is 16.3. The Hall–Kier alpha value is -3.06. The SMILES string of the molecule is Cn1cnnc1CNc1nc(C=Cc2ccccc2)nc2sc3c(c12)CCCC3. The molecule has 0 atom stereocenters. The number of aromatic nitrogens is 5. The molecule has 0 spiro atoms. The van der Waals surface area contributed by atoms with Crippen LogP contribution >= 0.6 is 11.3 Å². The van der Waals surface area contributed by atoms with Gasteiger partial charge in [-0.25, -0.2) is 9.97 Å². The maximum Gasteiger partial charge on any atom is 0.155 e. The Morgan fingerprint density at radius 3 is 2.79 bits per heavy atom. The van der Waals surface area contributed by atoms with E-state index in [4.69, 9.17) is 9.97 Å². The number of benzene rings is 1. The predicted molar refractivity (Wildman–Crippen MR) is 118 cm³/mol. The quantitative estimate of drug-likeness (QED) is 0.533. The first-order chi connectivity index (χ1) is 14.3. The third-order valence-electron chi connectivity index (χ3n) is 5.28. The fourth-order valence-electron chi connectivity index (χ4n) is 3.74.